The Balaban J connectivity index is 1.87. The first-order valence-corrected chi connectivity index (χ1v) is 13.8. The highest BCUT2D eigenvalue weighted by Gasteiger charge is 2.52. The van der Waals surface area contributed by atoms with Crippen molar-refractivity contribution < 1.29 is 24.1 Å². The third kappa shape index (κ3) is 3.99. The van der Waals surface area contributed by atoms with E-state index >= 15 is 0 Å². The molecule has 1 aliphatic carbocycles. The van der Waals surface area contributed by atoms with Crippen molar-refractivity contribution in [3.63, 3.8) is 0 Å². The van der Waals surface area contributed by atoms with Gasteiger partial charge in [-0.05, 0) is 39.8 Å². The number of aliphatic hydroxyl groups is 1. The monoisotopic (exact) mass is 566 g/mol. The van der Waals surface area contributed by atoms with Crippen LogP contribution in [0.4, 0.5) is 0 Å². The third-order valence-electron chi connectivity index (χ3n) is 8.52. The minimum atomic E-state index is -1.74. The van der Waals surface area contributed by atoms with Crippen molar-refractivity contribution in [1.82, 2.24) is 9.13 Å². The van der Waals surface area contributed by atoms with Gasteiger partial charge in [0.25, 0.3) is 5.79 Å². The molecule has 42 heavy (non-hydrogen) atoms. The Kier molecular flexibility index (Phi) is 7.08. The topological polar surface area (TPSA) is 74.8 Å². The standard InChI is InChI=1S/C35H38N2O5/c1-10-33(3,4)36-20-24(22-16-12-14-18-26(22)36)28-30(38)31(39)29(35(41-8,42-9)32(28)40-7)25-21-37(34(5,6)11-2)27-19-15-13-17-23(25)27/h10-21,39H,1-2H2,3-9H3. The van der Waals surface area contributed by atoms with Crippen LogP contribution in [-0.2, 0) is 30.1 Å². The molecule has 4 aromatic rings. The summed E-state index contributed by atoms with van der Waals surface area (Å²) < 4.78 is 22.4. The van der Waals surface area contributed by atoms with E-state index < -0.39 is 28.4 Å². The molecule has 1 aliphatic rings. The van der Waals surface area contributed by atoms with Gasteiger partial charge in [0.05, 0.1) is 29.3 Å². The number of methoxy groups -OCH3 is 3. The Morgan fingerprint density at radius 1 is 0.786 bits per heavy atom. The molecule has 7 nitrogen and oxygen atoms in total. The van der Waals surface area contributed by atoms with Crippen molar-refractivity contribution in [3.05, 3.63) is 109 Å². The number of aliphatic hydroxyl groups excluding tert-OH is 1. The quantitative estimate of drug-likeness (QED) is 0.170. The molecule has 0 aliphatic heterocycles. The normalized spacial score (nSPS) is 16.0. The molecule has 0 spiro atoms. The molecule has 2 aromatic carbocycles. The maximum atomic E-state index is 14.4. The van der Waals surface area contributed by atoms with Crippen LogP contribution in [-0.4, -0.2) is 47.1 Å². The highest BCUT2D eigenvalue weighted by molar-refractivity contribution is 6.34. The second-order valence-corrected chi connectivity index (χ2v) is 11.6. The van der Waals surface area contributed by atoms with Crippen molar-refractivity contribution in [3.8, 4) is 0 Å². The summed E-state index contributed by atoms with van der Waals surface area (Å²) in [6, 6.07) is 15.6. The molecule has 1 N–H and O–H groups in total. The minimum Gasteiger partial charge on any atom is -0.504 e. The smallest absolute Gasteiger partial charge is 0.260 e. The predicted octanol–water partition coefficient (Wildman–Crippen LogP) is 7.34. The lowest BCUT2D eigenvalue weighted by atomic mass is 9.82. The third-order valence-corrected chi connectivity index (χ3v) is 8.52. The molecule has 2 heterocycles. The SMILES string of the molecule is C=CC(C)(C)n1cc(C2=C(OC)C(OC)(OC)C(c3cn(C(C)(C)C=C)c4ccccc34)=C(O)C2=O)c2ccccc21. The lowest BCUT2D eigenvalue weighted by molar-refractivity contribution is -0.159. The van der Waals surface area contributed by atoms with Crippen molar-refractivity contribution in [2.24, 2.45) is 0 Å². The zero-order valence-corrected chi connectivity index (χ0v) is 25.3. The van der Waals surface area contributed by atoms with Crippen LogP contribution in [0.15, 0.2) is 97.8 Å². The van der Waals surface area contributed by atoms with E-state index in [-0.39, 0.29) is 16.9 Å². The van der Waals surface area contributed by atoms with Crippen LogP contribution in [0.3, 0.4) is 0 Å². The van der Waals surface area contributed by atoms with Crippen LogP contribution in [0.5, 0.6) is 0 Å². The number of carbonyl (C=O) groups is 1. The molecule has 0 saturated heterocycles. The summed E-state index contributed by atoms with van der Waals surface area (Å²) >= 11 is 0. The summed E-state index contributed by atoms with van der Waals surface area (Å²) in [7, 11) is 4.42. The molecule has 7 heteroatoms. The number of Topliss-reactive ketones (excluding diaryl/α,β-unsaturated/α-hetero) is 1. The minimum absolute atomic E-state index is 0.143. The Labute approximate surface area is 246 Å². The second kappa shape index (κ2) is 10.2. The van der Waals surface area contributed by atoms with Crippen LogP contribution in [0.1, 0.15) is 38.8 Å². The number of allylic oxidation sites excluding steroid dienone is 3. The molecule has 0 radical (unpaired) electrons. The lowest BCUT2D eigenvalue weighted by Gasteiger charge is -2.38. The average molecular weight is 567 g/mol. The largest absolute Gasteiger partial charge is 0.504 e. The fraction of sp³-hybridized carbons (Fsp3) is 0.286. The number of hydrogen-bond acceptors (Lipinski definition) is 5. The van der Waals surface area contributed by atoms with Crippen LogP contribution >= 0.6 is 0 Å². The van der Waals surface area contributed by atoms with Gasteiger partial charge in [0.2, 0.25) is 5.78 Å². The summed E-state index contributed by atoms with van der Waals surface area (Å²) in [5, 5.41) is 13.5. The van der Waals surface area contributed by atoms with Gasteiger partial charge in [-0.1, -0.05) is 48.6 Å². The van der Waals surface area contributed by atoms with Crippen LogP contribution in [0.25, 0.3) is 33.0 Å². The van der Waals surface area contributed by atoms with Gasteiger partial charge in [0, 0.05) is 59.5 Å². The number of nitrogens with zero attached hydrogens (tertiary/aromatic N) is 2. The number of fused-ring (bicyclic) bond motifs is 2. The molecule has 5 rings (SSSR count). The molecular weight excluding hydrogens is 528 g/mol. The first-order valence-electron chi connectivity index (χ1n) is 13.8. The molecule has 218 valence electrons. The van der Waals surface area contributed by atoms with Gasteiger partial charge in [0.15, 0.2) is 11.5 Å². The van der Waals surface area contributed by atoms with E-state index in [9.17, 15) is 9.90 Å². The molecular formula is C35H38N2O5. The lowest BCUT2D eigenvalue weighted by Crippen LogP contribution is -2.43. The molecule has 0 bridgehead atoms. The number of ketones is 1. The maximum Gasteiger partial charge on any atom is 0.260 e. The number of rotatable bonds is 9. The van der Waals surface area contributed by atoms with E-state index in [1.807, 2.05) is 101 Å². The summed E-state index contributed by atoms with van der Waals surface area (Å²) in [5.74, 6) is -2.67. The molecule has 0 amide bonds. The number of carbonyl (C=O) groups excluding carboxylic acids is 1. The van der Waals surface area contributed by atoms with E-state index in [4.69, 9.17) is 14.2 Å². The van der Waals surface area contributed by atoms with Crippen molar-refractivity contribution >= 4 is 38.7 Å². The Morgan fingerprint density at radius 3 is 1.69 bits per heavy atom. The summed E-state index contributed by atoms with van der Waals surface area (Å²) in [6.07, 6.45) is 7.49. The van der Waals surface area contributed by atoms with E-state index in [2.05, 4.69) is 22.3 Å². The van der Waals surface area contributed by atoms with Crippen molar-refractivity contribution in [2.45, 2.75) is 44.6 Å². The number of ether oxygens (including phenoxy) is 3. The zero-order chi connectivity index (χ0) is 30.6. The fourth-order valence-electron chi connectivity index (χ4n) is 5.94. The molecule has 0 unspecified atom stereocenters. The van der Waals surface area contributed by atoms with Gasteiger partial charge in [0.1, 0.15) is 0 Å². The van der Waals surface area contributed by atoms with Gasteiger partial charge in [-0.3, -0.25) is 4.79 Å². The highest BCUT2D eigenvalue weighted by atomic mass is 16.7. The van der Waals surface area contributed by atoms with E-state index in [1.54, 1.807) is 0 Å². The van der Waals surface area contributed by atoms with E-state index in [0.717, 1.165) is 21.8 Å². The van der Waals surface area contributed by atoms with Gasteiger partial charge in [-0.15, -0.1) is 13.2 Å². The van der Waals surface area contributed by atoms with Gasteiger partial charge < -0.3 is 28.5 Å². The van der Waals surface area contributed by atoms with Crippen molar-refractivity contribution in [1.29, 1.82) is 0 Å². The van der Waals surface area contributed by atoms with E-state index in [0.29, 0.717) is 11.1 Å². The zero-order valence-electron chi connectivity index (χ0n) is 25.3. The Hall–Kier alpha value is -4.33. The van der Waals surface area contributed by atoms with E-state index in [1.165, 1.54) is 21.3 Å². The molecule has 0 fully saturated rings. The molecule has 0 saturated carbocycles. The van der Waals surface area contributed by atoms with Crippen LogP contribution < -0.4 is 0 Å². The fourth-order valence-corrected chi connectivity index (χ4v) is 5.94. The first-order chi connectivity index (χ1) is 19.9. The van der Waals surface area contributed by atoms with Gasteiger partial charge in [-0.2, -0.15) is 0 Å². The number of benzene rings is 2. The Morgan fingerprint density at radius 2 is 1.24 bits per heavy atom. The highest BCUT2D eigenvalue weighted by Crippen LogP contribution is 2.50. The number of para-hydroxylation sites is 2. The molecule has 0 atom stereocenters. The summed E-state index contributed by atoms with van der Waals surface area (Å²) in [4.78, 5) is 14.4. The second-order valence-electron chi connectivity index (χ2n) is 11.6. The average Bonchev–Trinajstić information content (AvgIpc) is 3.58. The molecule has 2 aromatic heterocycles. The maximum absolute atomic E-state index is 14.4. The first kappa shape index (κ1) is 29.2. The Bertz CT molecular complexity index is 1810. The van der Waals surface area contributed by atoms with Crippen LogP contribution in [0.2, 0.25) is 0 Å². The van der Waals surface area contributed by atoms with Gasteiger partial charge >= 0.3 is 0 Å². The van der Waals surface area contributed by atoms with Gasteiger partial charge in [-0.25, -0.2) is 0 Å². The summed E-state index contributed by atoms with van der Waals surface area (Å²) in [5.41, 5.74) is 2.36. The van der Waals surface area contributed by atoms with Crippen molar-refractivity contribution in [2.75, 3.05) is 21.3 Å². The van der Waals surface area contributed by atoms with Crippen LogP contribution in [0, 0.1) is 0 Å². The predicted molar refractivity (Wildman–Crippen MR) is 168 cm³/mol. The number of hydrogen-bond donors (Lipinski definition) is 1. The number of aromatic nitrogens is 2. The summed E-state index contributed by atoms with van der Waals surface area (Å²) in [6.45, 7) is 16.2.